The van der Waals surface area contributed by atoms with E-state index in [1.54, 1.807) is 12.1 Å². The number of carboxylic acids is 1. The lowest BCUT2D eigenvalue weighted by Crippen LogP contribution is -2.13. The van der Waals surface area contributed by atoms with Crippen molar-refractivity contribution in [3.8, 4) is 0 Å². The molecule has 0 bridgehead atoms. The fourth-order valence-electron chi connectivity index (χ4n) is 3.01. The minimum Gasteiger partial charge on any atom is -0.478 e. The highest BCUT2D eigenvalue weighted by Gasteiger charge is 2.23. The van der Waals surface area contributed by atoms with E-state index in [0.29, 0.717) is 11.0 Å². The molecule has 0 aromatic heterocycles. The van der Waals surface area contributed by atoms with Gasteiger partial charge in [0.05, 0.1) is 5.56 Å². The van der Waals surface area contributed by atoms with Crippen molar-refractivity contribution >= 4 is 29.4 Å². The molecule has 1 aliphatic heterocycles. The van der Waals surface area contributed by atoms with Gasteiger partial charge in [-0.15, -0.1) is 11.8 Å². The van der Waals surface area contributed by atoms with Crippen LogP contribution in [-0.2, 0) is 6.42 Å². The first kappa shape index (κ1) is 17.8. The van der Waals surface area contributed by atoms with E-state index in [-0.39, 0.29) is 0 Å². The predicted octanol–water partition coefficient (Wildman–Crippen LogP) is 6.01. The van der Waals surface area contributed by atoms with Crippen molar-refractivity contribution in [1.82, 2.24) is 0 Å². The Hall–Kier alpha value is -2.00. The number of aromatic carboxylic acids is 1. The van der Waals surface area contributed by atoms with E-state index in [1.807, 2.05) is 23.9 Å². The molecule has 0 atom stereocenters. The van der Waals surface area contributed by atoms with Gasteiger partial charge in [0.1, 0.15) is 0 Å². The van der Waals surface area contributed by atoms with Gasteiger partial charge >= 0.3 is 5.97 Å². The van der Waals surface area contributed by atoms with Crippen LogP contribution in [0.3, 0.4) is 0 Å². The highest BCUT2D eigenvalue weighted by Crippen LogP contribution is 2.39. The van der Waals surface area contributed by atoms with Crippen LogP contribution in [-0.4, -0.2) is 16.8 Å². The highest BCUT2D eigenvalue weighted by molar-refractivity contribution is 7.99. The Bertz CT molecular complexity index is 816. The Morgan fingerprint density at radius 2 is 1.80 bits per heavy atom. The molecule has 0 saturated heterocycles. The number of fused-ring (bicyclic) bond motifs is 1. The van der Waals surface area contributed by atoms with Crippen LogP contribution >= 0.6 is 11.8 Å². The number of thioether (sulfide) groups is 1. The number of carboxylic acid groups (broad SMARTS) is 1. The molecule has 0 radical (unpaired) electrons. The third-order valence-electron chi connectivity index (χ3n) is 4.75. The zero-order valence-corrected chi connectivity index (χ0v) is 15.8. The van der Waals surface area contributed by atoms with Gasteiger partial charge in [-0.2, -0.15) is 0 Å². The van der Waals surface area contributed by atoms with E-state index in [9.17, 15) is 4.79 Å². The summed E-state index contributed by atoms with van der Waals surface area (Å²) in [6.07, 6.45) is 4.49. The Morgan fingerprint density at radius 1 is 1.12 bits per heavy atom. The van der Waals surface area contributed by atoms with Gasteiger partial charge in [-0.3, -0.25) is 0 Å². The Balaban J connectivity index is 1.84. The molecule has 0 unspecified atom stereocenters. The molecule has 3 heteroatoms. The summed E-state index contributed by atoms with van der Waals surface area (Å²) in [6, 6.07) is 13.8. The Kier molecular flexibility index (Phi) is 5.05. The summed E-state index contributed by atoms with van der Waals surface area (Å²) in [6.45, 7) is 6.80. The summed E-state index contributed by atoms with van der Waals surface area (Å²) in [5, 5.41) is 8.99. The highest BCUT2D eigenvalue weighted by atomic mass is 32.2. The Labute approximate surface area is 154 Å². The molecule has 1 aliphatic rings. The molecule has 2 aromatic rings. The third kappa shape index (κ3) is 4.35. The van der Waals surface area contributed by atoms with E-state index < -0.39 is 5.97 Å². The van der Waals surface area contributed by atoms with Crippen LogP contribution in [0.25, 0.3) is 11.6 Å². The van der Waals surface area contributed by atoms with Gasteiger partial charge < -0.3 is 5.11 Å². The van der Waals surface area contributed by atoms with E-state index in [1.165, 1.54) is 28.0 Å². The number of hydrogen-bond acceptors (Lipinski definition) is 2. The molecule has 0 amide bonds. The quantitative estimate of drug-likeness (QED) is 0.687. The summed E-state index contributed by atoms with van der Waals surface area (Å²) >= 11 is 1.97. The maximum absolute atomic E-state index is 10.9. The van der Waals surface area contributed by atoms with Crippen LogP contribution in [0.1, 0.15) is 54.2 Å². The second kappa shape index (κ2) is 7.09. The van der Waals surface area contributed by atoms with Gasteiger partial charge in [-0.1, -0.05) is 44.2 Å². The lowest BCUT2D eigenvalue weighted by Gasteiger charge is -2.20. The van der Waals surface area contributed by atoms with Gasteiger partial charge in [-0.05, 0) is 65.6 Å². The molecule has 130 valence electrons. The first-order chi connectivity index (χ1) is 11.8. The molecular weight excluding hydrogens is 328 g/mol. The second-order valence-corrected chi connectivity index (χ2v) is 8.55. The van der Waals surface area contributed by atoms with Crippen LogP contribution < -0.4 is 0 Å². The maximum atomic E-state index is 10.9. The summed E-state index contributed by atoms with van der Waals surface area (Å²) < 4.78 is 0. The minimum absolute atomic E-state index is 0.318. The van der Waals surface area contributed by atoms with Crippen molar-refractivity contribution in [3.05, 3.63) is 64.7 Å². The monoisotopic (exact) mass is 352 g/mol. The fraction of sp³-hybridized carbons (Fsp3) is 0.318. The standard InChI is InChI=1S/C22H24O2S/c1-15(12-16-4-6-18(7-5-16)21(23)24)19-9-8-17-10-11-22(2,3)14-25-20(17)13-19/h4-9,12-13H,10-11,14H2,1-3H3,(H,23,24)/b15-12+. The van der Waals surface area contributed by atoms with Crippen molar-refractivity contribution in [2.45, 2.75) is 38.5 Å². The summed E-state index contributed by atoms with van der Waals surface area (Å²) in [4.78, 5) is 12.3. The van der Waals surface area contributed by atoms with Gasteiger partial charge in [0.25, 0.3) is 0 Å². The molecule has 2 nitrogen and oxygen atoms in total. The van der Waals surface area contributed by atoms with Gasteiger partial charge in [-0.25, -0.2) is 4.79 Å². The van der Waals surface area contributed by atoms with Crippen LogP contribution in [0.5, 0.6) is 0 Å². The molecule has 25 heavy (non-hydrogen) atoms. The van der Waals surface area contributed by atoms with Gasteiger partial charge in [0.15, 0.2) is 0 Å². The van der Waals surface area contributed by atoms with Crippen molar-refractivity contribution < 1.29 is 9.90 Å². The molecular formula is C22H24O2S. The zero-order valence-electron chi connectivity index (χ0n) is 15.0. The average Bonchev–Trinajstić information content (AvgIpc) is 2.73. The van der Waals surface area contributed by atoms with Crippen LogP contribution in [0.4, 0.5) is 0 Å². The number of allylic oxidation sites excluding steroid dienone is 1. The van der Waals surface area contributed by atoms with E-state index in [0.717, 1.165) is 17.7 Å². The SMILES string of the molecule is C/C(=C\c1ccc(C(=O)O)cc1)c1ccc2c(c1)SCC(C)(C)CC2. The van der Waals surface area contributed by atoms with E-state index in [4.69, 9.17) is 5.11 Å². The molecule has 0 fully saturated rings. The van der Waals surface area contributed by atoms with Gasteiger partial charge in [0, 0.05) is 10.6 Å². The summed E-state index contributed by atoms with van der Waals surface area (Å²) in [5.74, 6) is 0.265. The van der Waals surface area contributed by atoms with E-state index >= 15 is 0 Å². The smallest absolute Gasteiger partial charge is 0.335 e. The normalized spacial score (nSPS) is 16.8. The minimum atomic E-state index is -0.891. The largest absolute Gasteiger partial charge is 0.478 e. The molecule has 1 N–H and O–H groups in total. The molecule has 0 saturated carbocycles. The summed E-state index contributed by atoms with van der Waals surface area (Å²) in [5.41, 5.74) is 5.60. The molecule has 3 rings (SSSR count). The number of benzene rings is 2. The predicted molar refractivity (Wildman–Crippen MR) is 106 cm³/mol. The molecule has 1 heterocycles. The topological polar surface area (TPSA) is 37.3 Å². The number of hydrogen-bond donors (Lipinski definition) is 1. The first-order valence-electron chi connectivity index (χ1n) is 8.62. The molecule has 2 aromatic carbocycles. The molecule has 0 aliphatic carbocycles. The van der Waals surface area contributed by atoms with E-state index in [2.05, 4.69) is 45.0 Å². The van der Waals surface area contributed by atoms with Crippen LogP contribution in [0, 0.1) is 5.41 Å². The lowest BCUT2D eigenvalue weighted by atomic mass is 9.88. The second-order valence-electron chi connectivity index (χ2n) is 7.53. The number of rotatable bonds is 3. The zero-order chi connectivity index (χ0) is 18.0. The first-order valence-corrected chi connectivity index (χ1v) is 9.60. The average molecular weight is 352 g/mol. The maximum Gasteiger partial charge on any atom is 0.335 e. The van der Waals surface area contributed by atoms with Crippen molar-refractivity contribution in [3.63, 3.8) is 0 Å². The van der Waals surface area contributed by atoms with Crippen molar-refractivity contribution in [2.75, 3.05) is 5.75 Å². The third-order valence-corrected chi connectivity index (χ3v) is 6.37. The number of carbonyl (C=O) groups is 1. The Morgan fingerprint density at radius 3 is 2.48 bits per heavy atom. The molecule has 0 spiro atoms. The lowest BCUT2D eigenvalue weighted by molar-refractivity contribution is 0.0697. The van der Waals surface area contributed by atoms with Gasteiger partial charge in [0.2, 0.25) is 0 Å². The van der Waals surface area contributed by atoms with Crippen molar-refractivity contribution in [1.29, 1.82) is 0 Å². The summed E-state index contributed by atoms with van der Waals surface area (Å²) in [7, 11) is 0. The van der Waals surface area contributed by atoms with Crippen LogP contribution in [0.15, 0.2) is 47.4 Å². The number of aryl methyl sites for hydroxylation is 1. The van der Waals surface area contributed by atoms with Crippen molar-refractivity contribution in [2.24, 2.45) is 5.41 Å². The fourth-order valence-corrected chi connectivity index (χ4v) is 4.27. The van der Waals surface area contributed by atoms with Crippen LogP contribution in [0.2, 0.25) is 0 Å².